The average Bonchev–Trinajstić information content (AvgIpc) is 2.81. The first-order valence-corrected chi connectivity index (χ1v) is 13.4. The van der Waals surface area contributed by atoms with Crippen molar-refractivity contribution in [3.8, 4) is 0 Å². The molecule has 3 atom stereocenters. The topological polar surface area (TPSA) is 147 Å². The van der Waals surface area contributed by atoms with E-state index < -0.39 is 20.8 Å². The molecule has 36 heavy (non-hydrogen) atoms. The summed E-state index contributed by atoms with van der Waals surface area (Å²) in [6.07, 6.45) is 2.94. The molecule has 0 heterocycles. The van der Waals surface area contributed by atoms with E-state index in [4.69, 9.17) is 28.6 Å². The Hall–Kier alpha value is -1.59. The normalized spacial score (nSPS) is 13.6. The first kappa shape index (κ1) is 34.4. The van der Waals surface area contributed by atoms with Gasteiger partial charge in [0.05, 0.1) is 26.4 Å². The molecular formula is C24H43O11P. The van der Waals surface area contributed by atoms with Crippen molar-refractivity contribution < 1.29 is 52.4 Å². The SMILES string of the molecule is C=C(C)C(O)OCCOC(=O)CCCCCOC(OCCOC(=O)CCCCCO[PH](=O)O)C(=C)C. The fourth-order valence-corrected chi connectivity index (χ4v) is 3.01. The molecule has 0 saturated heterocycles. The maximum atomic E-state index is 11.7. The lowest BCUT2D eigenvalue weighted by atomic mass is 10.2. The number of hydrogen-bond donors (Lipinski definition) is 2. The van der Waals surface area contributed by atoms with Crippen molar-refractivity contribution in [2.75, 3.05) is 39.6 Å². The number of hydrogen-bond acceptors (Lipinski definition) is 10. The molecule has 0 rings (SSSR count). The molecule has 0 amide bonds. The van der Waals surface area contributed by atoms with E-state index >= 15 is 0 Å². The second-order valence-electron chi connectivity index (χ2n) is 8.17. The number of rotatable bonds is 24. The molecule has 3 unspecified atom stereocenters. The quantitative estimate of drug-likeness (QED) is 0.0612. The summed E-state index contributed by atoms with van der Waals surface area (Å²) < 4.78 is 41.4. The third kappa shape index (κ3) is 21.7. The maximum Gasteiger partial charge on any atom is 0.316 e. The Morgan fingerprint density at radius 2 is 1.22 bits per heavy atom. The van der Waals surface area contributed by atoms with Crippen molar-refractivity contribution in [1.82, 2.24) is 0 Å². The lowest BCUT2D eigenvalue weighted by molar-refractivity contribution is -0.153. The van der Waals surface area contributed by atoms with E-state index in [0.29, 0.717) is 43.4 Å². The van der Waals surface area contributed by atoms with Crippen LogP contribution in [0.2, 0.25) is 0 Å². The Bertz CT molecular complexity index is 668. The summed E-state index contributed by atoms with van der Waals surface area (Å²) in [6, 6.07) is 0. The minimum atomic E-state index is -2.89. The van der Waals surface area contributed by atoms with Crippen molar-refractivity contribution in [2.24, 2.45) is 0 Å². The summed E-state index contributed by atoms with van der Waals surface area (Å²) in [7, 11) is -2.89. The van der Waals surface area contributed by atoms with Crippen LogP contribution in [0.25, 0.3) is 0 Å². The van der Waals surface area contributed by atoms with Crippen LogP contribution in [0.5, 0.6) is 0 Å². The first-order chi connectivity index (χ1) is 17.1. The Kier molecular flexibility index (Phi) is 21.6. The fourth-order valence-electron chi connectivity index (χ4n) is 2.69. The Balaban J connectivity index is 3.74. The highest BCUT2D eigenvalue weighted by atomic mass is 31.1. The molecule has 0 aromatic carbocycles. The molecule has 0 aromatic rings. The van der Waals surface area contributed by atoms with Crippen molar-refractivity contribution in [3.05, 3.63) is 24.3 Å². The Morgan fingerprint density at radius 3 is 1.72 bits per heavy atom. The van der Waals surface area contributed by atoms with Gasteiger partial charge in [0.15, 0.2) is 12.6 Å². The predicted octanol–water partition coefficient (Wildman–Crippen LogP) is 3.44. The summed E-state index contributed by atoms with van der Waals surface area (Å²) in [4.78, 5) is 31.9. The van der Waals surface area contributed by atoms with Crippen LogP contribution in [0.15, 0.2) is 24.3 Å². The van der Waals surface area contributed by atoms with Crippen LogP contribution in [0.3, 0.4) is 0 Å². The van der Waals surface area contributed by atoms with Gasteiger partial charge in [0.1, 0.15) is 13.2 Å². The van der Waals surface area contributed by atoms with Gasteiger partial charge in [0, 0.05) is 12.8 Å². The summed E-state index contributed by atoms with van der Waals surface area (Å²) in [6.45, 7) is 11.9. The maximum absolute atomic E-state index is 11.7. The monoisotopic (exact) mass is 538 g/mol. The number of esters is 2. The molecule has 0 radical (unpaired) electrons. The van der Waals surface area contributed by atoms with E-state index in [1.165, 1.54) is 0 Å². The number of carbonyl (C=O) groups excluding carboxylic acids is 2. The smallest absolute Gasteiger partial charge is 0.316 e. The highest BCUT2D eigenvalue weighted by molar-refractivity contribution is 7.32. The van der Waals surface area contributed by atoms with Crippen molar-refractivity contribution in [3.63, 3.8) is 0 Å². The van der Waals surface area contributed by atoms with Gasteiger partial charge < -0.3 is 38.2 Å². The molecule has 0 bridgehead atoms. The number of aliphatic hydroxyl groups is 1. The third-order valence-electron chi connectivity index (χ3n) is 4.61. The van der Waals surface area contributed by atoms with E-state index in [1.54, 1.807) is 13.8 Å². The van der Waals surface area contributed by atoms with Gasteiger partial charge in [-0.25, -0.2) is 0 Å². The molecule has 0 aliphatic rings. The van der Waals surface area contributed by atoms with Crippen LogP contribution in [0.1, 0.15) is 65.2 Å². The van der Waals surface area contributed by atoms with Gasteiger partial charge in [-0.05, 0) is 50.7 Å². The molecular weight excluding hydrogens is 495 g/mol. The summed E-state index contributed by atoms with van der Waals surface area (Å²) in [5.74, 6) is -0.658. The number of unbranched alkanes of at least 4 members (excludes halogenated alkanes) is 4. The minimum Gasteiger partial charge on any atom is -0.463 e. The molecule has 2 N–H and O–H groups in total. The van der Waals surface area contributed by atoms with Gasteiger partial charge >= 0.3 is 20.2 Å². The van der Waals surface area contributed by atoms with E-state index in [1.807, 2.05) is 0 Å². The second-order valence-corrected chi connectivity index (χ2v) is 8.99. The van der Waals surface area contributed by atoms with Crippen LogP contribution in [-0.4, -0.2) is 74.2 Å². The molecule has 0 aliphatic heterocycles. The zero-order valence-electron chi connectivity index (χ0n) is 21.5. The van der Waals surface area contributed by atoms with Gasteiger partial charge in [-0.15, -0.1) is 0 Å². The lowest BCUT2D eigenvalue weighted by Gasteiger charge is -2.18. The summed E-state index contributed by atoms with van der Waals surface area (Å²) in [5, 5.41) is 9.41. The zero-order chi connectivity index (χ0) is 27.2. The molecule has 0 spiro atoms. The molecule has 0 saturated carbocycles. The van der Waals surface area contributed by atoms with E-state index in [9.17, 15) is 19.3 Å². The molecule has 0 aromatic heterocycles. The molecule has 11 nitrogen and oxygen atoms in total. The standard InChI is InChI=1S/C24H43O11P/c1-19(2)23(27)32-17-15-30-21(25)11-7-5-9-13-33-24(20(3)4)34-18-16-31-22(26)12-8-6-10-14-35-36(28)29/h23-24,27,36H,1,3,5-18H2,2,4H3,(H,28,29). The largest absolute Gasteiger partial charge is 0.463 e. The number of ether oxygens (including phenoxy) is 5. The van der Waals surface area contributed by atoms with Crippen LogP contribution < -0.4 is 0 Å². The van der Waals surface area contributed by atoms with Gasteiger partial charge in [-0.1, -0.05) is 26.0 Å². The van der Waals surface area contributed by atoms with Gasteiger partial charge in [0.25, 0.3) is 0 Å². The summed E-state index contributed by atoms with van der Waals surface area (Å²) >= 11 is 0. The molecule has 12 heteroatoms. The lowest BCUT2D eigenvalue weighted by Crippen LogP contribution is -2.22. The van der Waals surface area contributed by atoms with Crippen LogP contribution in [0, 0.1) is 0 Å². The molecule has 0 aliphatic carbocycles. The van der Waals surface area contributed by atoms with E-state index in [2.05, 4.69) is 17.7 Å². The van der Waals surface area contributed by atoms with Crippen LogP contribution in [0.4, 0.5) is 0 Å². The summed E-state index contributed by atoms with van der Waals surface area (Å²) in [5.41, 5.74) is 1.18. The minimum absolute atomic E-state index is 0.0742. The van der Waals surface area contributed by atoms with Crippen molar-refractivity contribution in [2.45, 2.75) is 77.8 Å². The Labute approximate surface area is 214 Å². The van der Waals surface area contributed by atoms with E-state index in [-0.39, 0.29) is 57.8 Å². The third-order valence-corrected chi connectivity index (χ3v) is 5.06. The van der Waals surface area contributed by atoms with E-state index in [0.717, 1.165) is 12.8 Å². The average molecular weight is 539 g/mol. The molecule has 0 fully saturated rings. The van der Waals surface area contributed by atoms with Gasteiger partial charge in [-0.3, -0.25) is 14.2 Å². The first-order valence-electron chi connectivity index (χ1n) is 12.1. The highest BCUT2D eigenvalue weighted by Crippen LogP contribution is 2.15. The predicted molar refractivity (Wildman–Crippen MR) is 133 cm³/mol. The van der Waals surface area contributed by atoms with Gasteiger partial charge in [-0.2, -0.15) is 0 Å². The fraction of sp³-hybridized carbons (Fsp3) is 0.750. The Morgan fingerprint density at radius 1 is 0.722 bits per heavy atom. The molecule has 210 valence electrons. The van der Waals surface area contributed by atoms with Crippen molar-refractivity contribution in [1.29, 1.82) is 0 Å². The highest BCUT2D eigenvalue weighted by Gasteiger charge is 2.11. The van der Waals surface area contributed by atoms with Crippen LogP contribution >= 0.6 is 8.25 Å². The van der Waals surface area contributed by atoms with Crippen LogP contribution in [-0.2, 0) is 42.4 Å². The number of carbonyl (C=O) groups is 2. The zero-order valence-corrected chi connectivity index (χ0v) is 22.5. The van der Waals surface area contributed by atoms with Gasteiger partial charge in [0.2, 0.25) is 0 Å². The van der Waals surface area contributed by atoms with Crippen molar-refractivity contribution >= 4 is 20.2 Å². The second kappa shape index (κ2) is 22.6. The number of aliphatic hydroxyl groups excluding tert-OH is 1.